The first-order valence-electron chi connectivity index (χ1n) is 5.81. The second kappa shape index (κ2) is 5.16. The van der Waals surface area contributed by atoms with Crippen LogP contribution in [0.3, 0.4) is 0 Å². The molecular formula is C12H18N2O2S. The van der Waals surface area contributed by atoms with Crippen LogP contribution in [-0.4, -0.2) is 38.6 Å². The van der Waals surface area contributed by atoms with Crippen LogP contribution >= 0.6 is 0 Å². The second-order valence-electron chi connectivity index (χ2n) is 4.39. The summed E-state index contributed by atoms with van der Waals surface area (Å²) in [4.78, 5) is 0. The Kier molecular flexibility index (Phi) is 3.81. The van der Waals surface area contributed by atoms with E-state index in [4.69, 9.17) is 0 Å². The van der Waals surface area contributed by atoms with E-state index in [1.807, 2.05) is 30.3 Å². The first-order valence-corrected chi connectivity index (χ1v) is 7.65. The number of hydrogen-bond acceptors (Lipinski definition) is 3. The Bertz CT molecular complexity index is 459. The van der Waals surface area contributed by atoms with Crippen molar-refractivity contribution in [3.05, 3.63) is 35.9 Å². The largest absolute Gasteiger partial charge is 0.309 e. The maximum Gasteiger partial charge on any atom is 0.211 e. The van der Waals surface area contributed by atoms with Crippen LogP contribution in [-0.2, 0) is 10.0 Å². The zero-order chi connectivity index (χ0) is 12.3. The molecule has 0 aliphatic carbocycles. The lowest BCUT2D eigenvalue weighted by Crippen LogP contribution is -2.35. The van der Waals surface area contributed by atoms with E-state index >= 15 is 0 Å². The molecule has 0 bridgehead atoms. The van der Waals surface area contributed by atoms with Crippen molar-refractivity contribution in [1.82, 2.24) is 9.62 Å². The molecule has 1 atom stereocenters. The van der Waals surface area contributed by atoms with Gasteiger partial charge in [0.1, 0.15) is 0 Å². The molecule has 1 aliphatic rings. The third-order valence-corrected chi connectivity index (χ3v) is 4.30. The van der Waals surface area contributed by atoms with Gasteiger partial charge in [0.05, 0.1) is 6.26 Å². The summed E-state index contributed by atoms with van der Waals surface area (Å²) in [6.07, 6.45) is 2.14. The fourth-order valence-corrected chi connectivity index (χ4v) is 2.98. The lowest BCUT2D eigenvalue weighted by Gasteiger charge is -2.22. The Hall–Kier alpha value is -0.910. The zero-order valence-corrected chi connectivity index (χ0v) is 10.8. The van der Waals surface area contributed by atoms with Gasteiger partial charge in [-0.25, -0.2) is 12.7 Å². The Morgan fingerprint density at radius 1 is 1.29 bits per heavy atom. The molecule has 1 aromatic rings. The molecule has 0 aromatic heterocycles. The molecule has 0 radical (unpaired) electrons. The number of benzene rings is 1. The van der Waals surface area contributed by atoms with Gasteiger partial charge >= 0.3 is 0 Å². The van der Waals surface area contributed by atoms with Gasteiger partial charge in [0.15, 0.2) is 0 Å². The summed E-state index contributed by atoms with van der Waals surface area (Å²) in [5.74, 6) is 0. The fourth-order valence-electron chi connectivity index (χ4n) is 2.10. The van der Waals surface area contributed by atoms with E-state index in [0.29, 0.717) is 13.1 Å². The molecule has 1 saturated heterocycles. The highest BCUT2D eigenvalue weighted by Gasteiger charge is 2.24. The minimum atomic E-state index is -3.10. The molecule has 1 N–H and O–H groups in total. The Labute approximate surface area is 103 Å². The average molecular weight is 254 g/mol. The van der Waals surface area contributed by atoms with Gasteiger partial charge in [-0.15, -0.1) is 0 Å². The molecule has 0 amide bonds. The molecule has 1 aromatic carbocycles. The van der Waals surface area contributed by atoms with E-state index in [0.717, 1.165) is 18.5 Å². The molecule has 5 heteroatoms. The molecule has 0 saturated carbocycles. The van der Waals surface area contributed by atoms with Crippen molar-refractivity contribution in [3.8, 4) is 0 Å². The highest BCUT2D eigenvalue weighted by atomic mass is 32.2. The van der Waals surface area contributed by atoms with Gasteiger partial charge in [0.2, 0.25) is 10.0 Å². The van der Waals surface area contributed by atoms with Gasteiger partial charge in [0.25, 0.3) is 0 Å². The predicted octanol–water partition coefficient (Wildman–Crippen LogP) is 0.983. The quantitative estimate of drug-likeness (QED) is 0.856. The monoisotopic (exact) mass is 254 g/mol. The Morgan fingerprint density at radius 3 is 2.65 bits per heavy atom. The number of hydrogen-bond donors (Lipinski definition) is 1. The Morgan fingerprint density at radius 2 is 2.00 bits per heavy atom. The molecule has 17 heavy (non-hydrogen) atoms. The highest BCUT2D eigenvalue weighted by molar-refractivity contribution is 7.88. The third kappa shape index (κ3) is 3.28. The lowest BCUT2D eigenvalue weighted by molar-refractivity contribution is 0.401. The maximum absolute atomic E-state index is 11.6. The molecule has 2 rings (SSSR count). The number of nitrogens with zero attached hydrogens (tertiary/aromatic N) is 1. The zero-order valence-electron chi connectivity index (χ0n) is 9.96. The highest BCUT2D eigenvalue weighted by Crippen LogP contribution is 2.18. The summed E-state index contributed by atoms with van der Waals surface area (Å²) >= 11 is 0. The van der Waals surface area contributed by atoms with E-state index in [-0.39, 0.29) is 6.04 Å². The van der Waals surface area contributed by atoms with Crippen LogP contribution < -0.4 is 5.32 Å². The molecule has 1 unspecified atom stereocenters. The Balaban J connectivity index is 2.19. The summed E-state index contributed by atoms with van der Waals surface area (Å²) in [7, 11) is -3.10. The van der Waals surface area contributed by atoms with Crippen molar-refractivity contribution in [3.63, 3.8) is 0 Å². The van der Waals surface area contributed by atoms with Gasteiger partial charge < -0.3 is 5.32 Å². The van der Waals surface area contributed by atoms with Gasteiger partial charge in [0, 0.05) is 19.1 Å². The molecule has 1 fully saturated rings. The summed E-state index contributed by atoms with van der Waals surface area (Å²) in [6, 6.07) is 10.1. The lowest BCUT2D eigenvalue weighted by atomic mass is 10.1. The van der Waals surface area contributed by atoms with Gasteiger partial charge in [-0.2, -0.15) is 0 Å². The van der Waals surface area contributed by atoms with Crippen molar-refractivity contribution in [2.45, 2.75) is 12.5 Å². The molecule has 1 heterocycles. The van der Waals surface area contributed by atoms with Crippen molar-refractivity contribution >= 4 is 10.0 Å². The van der Waals surface area contributed by atoms with Crippen molar-refractivity contribution < 1.29 is 8.42 Å². The summed E-state index contributed by atoms with van der Waals surface area (Å²) in [5, 5.41) is 3.39. The van der Waals surface area contributed by atoms with Crippen molar-refractivity contribution in [2.24, 2.45) is 0 Å². The number of nitrogens with one attached hydrogen (secondary N) is 1. The number of sulfonamides is 1. The fraction of sp³-hybridized carbons (Fsp3) is 0.500. The van der Waals surface area contributed by atoms with Crippen molar-refractivity contribution in [1.29, 1.82) is 0 Å². The first kappa shape index (κ1) is 12.5. The molecular weight excluding hydrogens is 236 g/mol. The second-order valence-corrected chi connectivity index (χ2v) is 6.37. The van der Waals surface area contributed by atoms with Crippen LogP contribution in [0.2, 0.25) is 0 Å². The minimum absolute atomic E-state index is 0.0911. The van der Waals surface area contributed by atoms with Crippen LogP contribution in [0, 0.1) is 0 Å². The number of rotatable bonds is 2. The van der Waals surface area contributed by atoms with E-state index < -0.39 is 10.0 Å². The van der Waals surface area contributed by atoms with E-state index in [2.05, 4.69) is 5.32 Å². The van der Waals surface area contributed by atoms with Crippen LogP contribution in [0.1, 0.15) is 18.0 Å². The van der Waals surface area contributed by atoms with Crippen molar-refractivity contribution in [2.75, 3.05) is 25.9 Å². The van der Waals surface area contributed by atoms with Gasteiger partial charge in [-0.05, 0) is 18.5 Å². The maximum atomic E-state index is 11.6. The molecule has 4 nitrogen and oxygen atoms in total. The van der Waals surface area contributed by atoms with Gasteiger partial charge in [-0.1, -0.05) is 30.3 Å². The van der Waals surface area contributed by atoms with E-state index in [9.17, 15) is 8.42 Å². The predicted molar refractivity (Wildman–Crippen MR) is 68.2 cm³/mol. The smallest absolute Gasteiger partial charge is 0.211 e. The van der Waals surface area contributed by atoms with E-state index in [1.165, 1.54) is 6.26 Å². The minimum Gasteiger partial charge on any atom is -0.309 e. The first-order chi connectivity index (χ1) is 8.07. The van der Waals surface area contributed by atoms with Crippen LogP contribution in [0.15, 0.2) is 30.3 Å². The standard InChI is InChI=1S/C12H18N2O2S/c1-17(15,16)14-9-5-8-13-12(10-14)11-6-3-2-4-7-11/h2-4,6-7,12-13H,5,8-10H2,1H3. The van der Waals surface area contributed by atoms with Crippen LogP contribution in [0.25, 0.3) is 0 Å². The van der Waals surface area contributed by atoms with Crippen LogP contribution in [0.4, 0.5) is 0 Å². The topological polar surface area (TPSA) is 49.4 Å². The normalized spacial score (nSPS) is 23.2. The molecule has 94 valence electrons. The SMILES string of the molecule is CS(=O)(=O)N1CCCNC(c2ccccc2)C1. The van der Waals surface area contributed by atoms with Gasteiger partial charge in [-0.3, -0.25) is 0 Å². The molecule has 1 aliphatic heterocycles. The molecule has 0 spiro atoms. The van der Waals surface area contributed by atoms with Crippen LogP contribution in [0.5, 0.6) is 0 Å². The van der Waals surface area contributed by atoms with E-state index in [1.54, 1.807) is 4.31 Å². The third-order valence-electron chi connectivity index (χ3n) is 3.03. The summed E-state index contributed by atoms with van der Waals surface area (Å²) in [6.45, 7) is 1.98. The summed E-state index contributed by atoms with van der Waals surface area (Å²) in [5.41, 5.74) is 1.14. The average Bonchev–Trinajstić information content (AvgIpc) is 2.55. The summed E-state index contributed by atoms with van der Waals surface area (Å²) < 4.78 is 24.8.